The van der Waals surface area contributed by atoms with Gasteiger partial charge in [0.2, 0.25) is 0 Å². The first-order valence-electron chi connectivity index (χ1n) is 3.11. The highest BCUT2D eigenvalue weighted by molar-refractivity contribution is 5.74. The third-order valence-corrected chi connectivity index (χ3v) is 1.44. The third kappa shape index (κ3) is 1.46. The summed E-state index contributed by atoms with van der Waals surface area (Å²) in [4.78, 5) is 10.7. The molecule has 58 valence electrons. The Hall–Kier alpha value is -0.610. The minimum atomic E-state index is -0.556. The van der Waals surface area contributed by atoms with E-state index < -0.39 is 18.2 Å². The number of carbonyl (C=O) groups excluding carboxylic acids is 1. The van der Waals surface area contributed by atoms with Crippen molar-refractivity contribution in [2.24, 2.45) is 0 Å². The number of carbonyl (C=O) groups is 1. The van der Waals surface area contributed by atoms with Crippen LogP contribution in [0.4, 0.5) is 0 Å². The number of methoxy groups -OCH3 is 1. The van der Waals surface area contributed by atoms with E-state index in [1.807, 2.05) is 0 Å². The first-order valence-corrected chi connectivity index (χ1v) is 3.11. The van der Waals surface area contributed by atoms with E-state index in [4.69, 9.17) is 9.84 Å². The smallest absolute Gasteiger partial charge is 0.335 e. The first-order chi connectivity index (χ1) is 4.74. The molecule has 0 aromatic carbocycles. The Kier molecular flexibility index (Phi) is 2.24. The Balaban J connectivity index is 2.37. The van der Waals surface area contributed by atoms with Gasteiger partial charge in [-0.25, -0.2) is 4.79 Å². The second-order valence-electron chi connectivity index (χ2n) is 2.23. The van der Waals surface area contributed by atoms with E-state index in [0.29, 0.717) is 6.42 Å². The molecule has 1 saturated heterocycles. The molecule has 2 unspecified atom stereocenters. The zero-order chi connectivity index (χ0) is 7.56. The molecule has 1 fully saturated rings. The zero-order valence-electron chi connectivity index (χ0n) is 5.74. The fourth-order valence-corrected chi connectivity index (χ4v) is 0.906. The van der Waals surface area contributed by atoms with Gasteiger partial charge in [0.15, 0.2) is 6.10 Å². The minimum absolute atomic E-state index is 0.236. The van der Waals surface area contributed by atoms with Crippen LogP contribution < -0.4 is 0 Å². The van der Waals surface area contributed by atoms with Crippen LogP contribution in [0.5, 0.6) is 0 Å². The van der Waals surface area contributed by atoms with Gasteiger partial charge in [-0.1, -0.05) is 0 Å². The number of hydrogen-bond donors (Lipinski definition) is 1. The molecule has 2 atom stereocenters. The number of esters is 1. The van der Waals surface area contributed by atoms with Crippen molar-refractivity contribution in [2.45, 2.75) is 18.6 Å². The standard InChI is InChI=1S/C6H10O4/c1-9-6(8)5-2-4(7)3-10-5/h4-5,7H,2-3H2,1H3. The van der Waals surface area contributed by atoms with Crippen LogP contribution in [-0.4, -0.2) is 37.0 Å². The summed E-state index contributed by atoms with van der Waals surface area (Å²) in [6.45, 7) is 0.236. The van der Waals surface area contributed by atoms with Crippen molar-refractivity contribution in [1.82, 2.24) is 0 Å². The Morgan fingerprint density at radius 2 is 2.50 bits per heavy atom. The largest absolute Gasteiger partial charge is 0.467 e. The van der Waals surface area contributed by atoms with Crippen molar-refractivity contribution in [2.75, 3.05) is 13.7 Å². The van der Waals surface area contributed by atoms with Crippen LogP contribution in [0.15, 0.2) is 0 Å². The lowest BCUT2D eigenvalue weighted by Crippen LogP contribution is -2.21. The Bertz CT molecular complexity index is 134. The van der Waals surface area contributed by atoms with E-state index in [0.717, 1.165) is 0 Å². The van der Waals surface area contributed by atoms with Crippen LogP contribution in [0.3, 0.4) is 0 Å². The fourth-order valence-electron chi connectivity index (χ4n) is 0.906. The van der Waals surface area contributed by atoms with E-state index in [-0.39, 0.29) is 6.61 Å². The second kappa shape index (κ2) is 2.98. The molecule has 0 aliphatic carbocycles. The summed E-state index contributed by atoms with van der Waals surface area (Å²) in [7, 11) is 1.30. The molecule has 1 aliphatic heterocycles. The average Bonchev–Trinajstić information content (AvgIpc) is 2.34. The molecule has 4 nitrogen and oxygen atoms in total. The molecule has 0 aromatic rings. The van der Waals surface area contributed by atoms with Gasteiger partial charge in [0.1, 0.15) is 0 Å². The summed E-state index contributed by atoms with van der Waals surface area (Å²) < 4.78 is 9.30. The molecular formula is C6H10O4. The first kappa shape index (κ1) is 7.50. The van der Waals surface area contributed by atoms with Crippen LogP contribution in [0.25, 0.3) is 0 Å². The Labute approximate surface area is 58.7 Å². The SMILES string of the molecule is COC(=O)C1CC(O)CO1. The van der Waals surface area contributed by atoms with Gasteiger partial charge < -0.3 is 14.6 Å². The molecule has 4 heteroatoms. The van der Waals surface area contributed by atoms with Gasteiger partial charge in [0.25, 0.3) is 0 Å². The van der Waals surface area contributed by atoms with Crippen molar-refractivity contribution in [3.63, 3.8) is 0 Å². The van der Waals surface area contributed by atoms with E-state index in [1.165, 1.54) is 7.11 Å². The number of aliphatic hydroxyl groups excluding tert-OH is 1. The van der Waals surface area contributed by atoms with Crippen molar-refractivity contribution < 1.29 is 19.4 Å². The molecule has 10 heavy (non-hydrogen) atoms. The van der Waals surface area contributed by atoms with Gasteiger partial charge in [0, 0.05) is 6.42 Å². The molecule has 1 aliphatic rings. The van der Waals surface area contributed by atoms with Crippen LogP contribution in [-0.2, 0) is 14.3 Å². The highest BCUT2D eigenvalue weighted by atomic mass is 16.6. The van der Waals surface area contributed by atoms with Gasteiger partial charge in [-0.15, -0.1) is 0 Å². The maximum Gasteiger partial charge on any atom is 0.335 e. The van der Waals surface area contributed by atoms with Crippen molar-refractivity contribution in [3.05, 3.63) is 0 Å². The fraction of sp³-hybridized carbons (Fsp3) is 0.833. The monoisotopic (exact) mass is 146 g/mol. The predicted octanol–water partition coefficient (Wildman–Crippen LogP) is -0.691. The van der Waals surface area contributed by atoms with Gasteiger partial charge >= 0.3 is 5.97 Å². The number of aliphatic hydroxyl groups is 1. The Morgan fingerprint density at radius 3 is 2.90 bits per heavy atom. The molecule has 0 aromatic heterocycles. The maximum absolute atomic E-state index is 10.7. The lowest BCUT2D eigenvalue weighted by Gasteiger charge is -2.04. The molecule has 1 N–H and O–H groups in total. The summed E-state index contributed by atoms with van der Waals surface area (Å²) in [6.07, 6.45) is -0.712. The summed E-state index contributed by atoms with van der Waals surface area (Å²) >= 11 is 0. The molecule has 1 heterocycles. The molecule has 0 saturated carbocycles. The van der Waals surface area contributed by atoms with Gasteiger partial charge in [-0.05, 0) is 0 Å². The average molecular weight is 146 g/mol. The number of ether oxygens (including phenoxy) is 2. The van der Waals surface area contributed by atoms with E-state index in [2.05, 4.69) is 4.74 Å². The van der Waals surface area contributed by atoms with Crippen LogP contribution in [0.2, 0.25) is 0 Å². The summed E-state index contributed by atoms with van der Waals surface area (Å²) in [5.74, 6) is -0.406. The quantitative estimate of drug-likeness (QED) is 0.497. The van der Waals surface area contributed by atoms with Crippen LogP contribution in [0.1, 0.15) is 6.42 Å². The van der Waals surface area contributed by atoms with Gasteiger partial charge in [0.05, 0.1) is 19.8 Å². The highest BCUT2D eigenvalue weighted by Gasteiger charge is 2.30. The number of rotatable bonds is 1. The second-order valence-corrected chi connectivity index (χ2v) is 2.23. The van der Waals surface area contributed by atoms with Gasteiger partial charge in [-0.2, -0.15) is 0 Å². The Morgan fingerprint density at radius 1 is 1.80 bits per heavy atom. The topological polar surface area (TPSA) is 55.8 Å². The van der Waals surface area contributed by atoms with Crippen molar-refractivity contribution in [1.29, 1.82) is 0 Å². The maximum atomic E-state index is 10.7. The molecule has 0 bridgehead atoms. The van der Waals surface area contributed by atoms with Crippen LogP contribution in [0, 0.1) is 0 Å². The lowest BCUT2D eigenvalue weighted by molar-refractivity contribution is -0.151. The third-order valence-electron chi connectivity index (χ3n) is 1.44. The molecule has 0 radical (unpaired) electrons. The summed E-state index contributed by atoms with van der Waals surface area (Å²) in [5, 5.41) is 8.91. The predicted molar refractivity (Wildman–Crippen MR) is 32.4 cm³/mol. The van der Waals surface area contributed by atoms with Crippen molar-refractivity contribution in [3.8, 4) is 0 Å². The van der Waals surface area contributed by atoms with E-state index >= 15 is 0 Å². The van der Waals surface area contributed by atoms with Crippen LogP contribution >= 0.6 is 0 Å². The zero-order valence-corrected chi connectivity index (χ0v) is 5.74. The normalized spacial score (nSPS) is 32.2. The molecule has 0 amide bonds. The lowest BCUT2D eigenvalue weighted by atomic mass is 10.2. The van der Waals surface area contributed by atoms with Crippen molar-refractivity contribution >= 4 is 5.97 Å². The van der Waals surface area contributed by atoms with E-state index in [9.17, 15) is 4.79 Å². The molecule has 0 spiro atoms. The van der Waals surface area contributed by atoms with Gasteiger partial charge in [-0.3, -0.25) is 0 Å². The van der Waals surface area contributed by atoms with E-state index in [1.54, 1.807) is 0 Å². The number of hydrogen-bond acceptors (Lipinski definition) is 4. The summed E-state index contributed by atoms with van der Waals surface area (Å²) in [6, 6.07) is 0. The highest BCUT2D eigenvalue weighted by Crippen LogP contribution is 2.13. The molecule has 1 rings (SSSR count). The summed E-state index contributed by atoms with van der Waals surface area (Å²) in [5.41, 5.74) is 0. The minimum Gasteiger partial charge on any atom is -0.467 e. The molecular weight excluding hydrogens is 136 g/mol.